The zero-order valence-corrected chi connectivity index (χ0v) is 14.4. The van der Waals surface area contributed by atoms with Gasteiger partial charge in [0.25, 0.3) is 0 Å². The summed E-state index contributed by atoms with van der Waals surface area (Å²) in [6.45, 7) is 0.806. The first kappa shape index (κ1) is 16.5. The number of methoxy groups -OCH3 is 1. The Hall–Kier alpha value is -2.96. The zero-order chi connectivity index (χ0) is 18.1. The van der Waals surface area contributed by atoms with Gasteiger partial charge in [-0.15, -0.1) is 0 Å². The minimum atomic E-state index is -0.473. The first-order valence-corrected chi connectivity index (χ1v) is 8.61. The van der Waals surface area contributed by atoms with Crippen LogP contribution in [0.25, 0.3) is 10.9 Å². The molecule has 1 fully saturated rings. The highest BCUT2D eigenvalue weighted by Gasteiger charge is 2.21. The van der Waals surface area contributed by atoms with Crippen LogP contribution in [-0.4, -0.2) is 27.8 Å². The van der Waals surface area contributed by atoms with Crippen LogP contribution in [0.15, 0.2) is 36.7 Å². The average molecular weight is 354 g/mol. The fourth-order valence-corrected chi connectivity index (χ4v) is 3.21. The molecular weight excluding hydrogens is 335 g/mol. The highest BCUT2D eigenvalue weighted by molar-refractivity contribution is 5.98. The van der Waals surface area contributed by atoms with E-state index in [2.05, 4.69) is 15.4 Å². The topological polar surface area (TPSA) is 69.0 Å². The fraction of sp³-hybridized carbons (Fsp3) is 0.316. The van der Waals surface area contributed by atoms with Crippen LogP contribution in [0.5, 0.6) is 0 Å². The van der Waals surface area contributed by atoms with Crippen LogP contribution in [-0.2, 0) is 11.3 Å². The van der Waals surface area contributed by atoms with Crippen LogP contribution < -0.4 is 5.32 Å². The summed E-state index contributed by atoms with van der Waals surface area (Å²) in [7, 11) is 1.32. The molecule has 26 heavy (non-hydrogen) atoms. The molecular formula is C19H19FN4O2. The van der Waals surface area contributed by atoms with E-state index in [1.54, 1.807) is 12.1 Å². The number of hydrogen-bond acceptors (Lipinski definition) is 5. The lowest BCUT2D eigenvalue weighted by Gasteiger charge is -2.25. The van der Waals surface area contributed by atoms with Crippen molar-refractivity contribution in [2.75, 3.05) is 12.4 Å². The number of hydrogen-bond donors (Lipinski definition) is 1. The normalized spacial score (nSPS) is 14.2. The minimum absolute atomic E-state index is 0.330. The second kappa shape index (κ2) is 6.74. The smallest absolute Gasteiger partial charge is 0.340 e. The number of nitrogens with one attached hydrogen (secondary N) is 1. The molecule has 7 heteroatoms. The number of benzene rings is 1. The van der Waals surface area contributed by atoms with Crippen LogP contribution in [0.1, 0.15) is 29.6 Å². The summed E-state index contributed by atoms with van der Waals surface area (Å²) in [5, 5.41) is 8.43. The number of aromatic nitrogens is 3. The van der Waals surface area contributed by atoms with E-state index in [1.165, 1.54) is 50.9 Å². The summed E-state index contributed by atoms with van der Waals surface area (Å²) in [6.07, 6.45) is 6.69. The first-order valence-electron chi connectivity index (χ1n) is 8.61. The summed E-state index contributed by atoms with van der Waals surface area (Å²) in [4.78, 5) is 16.0. The van der Waals surface area contributed by atoms with Crippen molar-refractivity contribution in [1.29, 1.82) is 0 Å². The molecule has 0 unspecified atom stereocenters. The van der Waals surface area contributed by atoms with Gasteiger partial charge in [0.05, 0.1) is 30.1 Å². The van der Waals surface area contributed by atoms with Gasteiger partial charge in [0.1, 0.15) is 5.82 Å². The third-order valence-electron chi connectivity index (χ3n) is 4.85. The summed E-state index contributed by atoms with van der Waals surface area (Å²) in [6, 6.07) is 6.21. The Balaban J connectivity index is 1.74. The molecule has 1 aliphatic rings. The quantitative estimate of drug-likeness (QED) is 0.704. The van der Waals surface area contributed by atoms with Gasteiger partial charge in [-0.2, -0.15) is 5.10 Å². The van der Waals surface area contributed by atoms with Crippen molar-refractivity contribution >= 4 is 28.4 Å². The molecule has 1 aliphatic carbocycles. The zero-order valence-electron chi connectivity index (χ0n) is 14.4. The summed E-state index contributed by atoms with van der Waals surface area (Å²) >= 11 is 0. The molecule has 1 aromatic carbocycles. The van der Waals surface area contributed by atoms with E-state index >= 15 is 0 Å². The van der Waals surface area contributed by atoms with Gasteiger partial charge in [0, 0.05) is 18.1 Å². The molecule has 1 saturated carbocycles. The second-order valence-corrected chi connectivity index (χ2v) is 6.53. The predicted molar refractivity (Wildman–Crippen MR) is 95.9 cm³/mol. The van der Waals surface area contributed by atoms with E-state index in [1.807, 2.05) is 4.68 Å². The molecule has 0 bridgehead atoms. The Morgan fingerprint density at radius 2 is 2.23 bits per heavy atom. The van der Waals surface area contributed by atoms with E-state index in [0.29, 0.717) is 28.4 Å². The lowest BCUT2D eigenvalue weighted by Crippen LogP contribution is -2.18. The van der Waals surface area contributed by atoms with Crippen LogP contribution in [0.2, 0.25) is 0 Å². The van der Waals surface area contributed by atoms with Gasteiger partial charge < -0.3 is 10.1 Å². The number of fused-ring (bicyclic) bond motifs is 1. The summed E-state index contributed by atoms with van der Waals surface area (Å²) in [5.74, 6) is 0.305. The van der Waals surface area contributed by atoms with Crippen molar-refractivity contribution in [2.45, 2.75) is 25.8 Å². The lowest BCUT2D eigenvalue weighted by molar-refractivity contribution is 0.0602. The Morgan fingerprint density at radius 3 is 2.96 bits per heavy atom. The first-order chi connectivity index (χ1) is 12.7. The molecule has 134 valence electrons. The molecule has 2 heterocycles. The second-order valence-electron chi connectivity index (χ2n) is 6.53. The number of ether oxygens (including phenoxy) is 1. The van der Waals surface area contributed by atoms with Crippen molar-refractivity contribution in [3.8, 4) is 0 Å². The van der Waals surface area contributed by atoms with Gasteiger partial charge in [-0.05, 0) is 43.0 Å². The molecule has 6 nitrogen and oxygen atoms in total. The number of carbonyl (C=O) groups excluding carboxylic acids is 1. The van der Waals surface area contributed by atoms with Crippen LogP contribution in [0.4, 0.5) is 15.9 Å². The molecule has 1 N–H and O–H groups in total. The van der Waals surface area contributed by atoms with E-state index < -0.39 is 5.97 Å². The van der Waals surface area contributed by atoms with E-state index in [9.17, 15) is 9.18 Å². The molecule has 0 amide bonds. The van der Waals surface area contributed by atoms with Crippen molar-refractivity contribution in [3.63, 3.8) is 0 Å². The molecule has 4 rings (SSSR count). The molecule has 0 aliphatic heterocycles. The molecule has 2 aromatic heterocycles. The van der Waals surface area contributed by atoms with Gasteiger partial charge in [-0.3, -0.25) is 9.67 Å². The molecule has 0 spiro atoms. The number of carbonyl (C=O) groups is 1. The SMILES string of the molecule is COC(=O)c1ccncc1Nc1nn(CC2CCC2)c2ccc(F)cc12. The van der Waals surface area contributed by atoms with Gasteiger partial charge in [0.2, 0.25) is 0 Å². The number of anilines is 2. The monoisotopic (exact) mass is 354 g/mol. The Labute approximate surface area is 150 Å². The fourth-order valence-electron chi connectivity index (χ4n) is 3.21. The largest absolute Gasteiger partial charge is 0.465 e. The van der Waals surface area contributed by atoms with Gasteiger partial charge in [0.15, 0.2) is 5.82 Å². The Bertz CT molecular complexity index is 965. The van der Waals surface area contributed by atoms with Crippen molar-refractivity contribution in [3.05, 3.63) is 48.0 Å². The number of halogens is 1. The highest BCUT2D eigenvalue weighted by Crippen LogP contribution is 2.32. The molecule has 0 radical (unpaired) electrons. The summed E-state index contributed by atoms with van der Waals surface area (Å²) < 4.78 is 20.5. The van der Waals surface area contributed by atoms with Crippen LogP contribution in [0, 0.1) is 11.7 Å². The minimum Gasteiger partial charge on any atom is -0.465 e. The number of nitrogens with zero attached hydrogens (tertiary/aromatic N) is 3. The highest BCUT2D eigenvalue weighted by atomic mass is 19.1. The van der Waals surface area contributed by atoms with Gasteiger partial charge in [-0.1, -0.05) is 6.42 Å². The maximum absolute atomic E-state index is 13.8. The van der Waals surface area contributed by atoms with E-state index in [0.717, 1.165) is 12.1 Å². The predicted octanol–water partition coefficient (Wildman–Crippen LogP) is 3.90. The van der Waals surface area contributed by atoms with Gasteiger partial charge in [-0.25, -0.2) is 9.18 Å². The van der Waals surface area contributed by atoms with E-state index in [-0.39, 0.29) is 5.82 Å². The summed E-state index contributed by atoms with van der Waals surface area (Å²) in [5.41, 5.74) is 1.68. The number of pyridine rings is 1. The lowest BCUT2D eigenvalue weighted by atomic mass is 9.85. The molecule has 0 atom stereocenters. The third kappa shape index (κ3) is 3.00. The Kier molecular flexibility index (Phi) is 4.28. The van der Waals surface area contributed by atoms with Crippen molar-refractivity contribution in [1.82, 2.24) is 14.8 Å². The average Bonchev–Trinajstić information content (AvgIpc) is 2.94. The van der Waals surface area contributed by atoms with Crippen molar-refractivity contribution in [2.24, 2.45) is 5.92 Å². The van der Waals surface area contributed by atoms with E-state index in [4.69, 9.17) is 4.74 Å². The van der Waals surface area contributed by atoms with Gasteiger partial charge >= 0.3 is 5.97 Å². The number of esters is 1. The molecule has 3 aromatic rings. The third-order valence-corrected chi connectivity index (χ3v) is 4.85. The standard InChI is InChI=1S/C19H19FN4O2/c1-26-19(25)14-7-8-21-10-16(14)22-18-15-9-13(20)5-6-17(15)24(23-18)11-12-3-2-4-12/h5-10,12H,2-4,11H2,1H3,(H,22,23). The Morgan fingerprint density at radius 1 is 1.38 bits per heavy atom. The number of rotatable bonds is 5. The maximum atomic E-state index is 13.8. The molecule has 0 saturated heterocycles. The van der Waals surface area contributed by atoms with Crippen LogP contribution >= 0.6 is 0 Å². The van der Waals surface area contributed by atoms with Crippen LogP contribution in [0.3, 0.4) is 0 Å². The maximum Gasteiger partial charge on any atom is 0.340 e. The van der Waals surface area contributed by atoms with Crippen molar-refractivity contribution < 1.29 is 13.9 Å².